The van der Waals surface area contributed by atoms with E-state index >= 15 is 0 Å². The predicted octanol–water partition coefficient (Wildman–Crippen LogP) is 2.87. The zero-order chi connectivity index (χ0) is 18.6. The number of sulfone groups is 1. The lowest BCUT2D eigenvalue weighted by molar-refractivity contribution is 0.0277. The molecule has 148 valence electrons. The summed E-state index contributed by atoms with van der Waals surface area (Å²) >= 11 is 0. The number of piperidine rings is 1. The Labute approximate surface area is 157 Å². The quantitative estimate of drug-likeness (QED) is 0.656. The van der Waals surface area contributed by atoms with Gasteiger partial charge < -0.3 is 9.30 Å². The van der Waals surface area contributed by atoms with Gasteiger partial charge in [-0.3, -0.25) is 4.90 Å². The highest BCUT2D eigenvalue weighted by molar-refractivity contribution is 7.91. The van der Waals surface area contributed by atoms with E-state index in [0.717, 1.165) is 76.8 Å². The molecule has 2 heterocycles. The van der Waals surface area contributed by atoms with Crippen molar-refractivity contribution in [2.45, 2.75) is 76.2 Å². The van der Waals surface area contributed by atoms with Crippen molar-refractivity contribution in [2.75, 3.05) is 26.0 Å². The molecule has 1 saturated carbocycles. The highest BCUT2D eigenvalue weighted by atomic mass is 32.2. The number of hydrogen-bond acceptors (Lipinski definition) is 5. The van der Waals surface area contributed by atoms with Gasteiger partial charge in [0.05, 0.1) is 23.7 Å². The van der Waals surface area contributed by atoms with Crippen molar-refractivity contribution in [2.24, 2.45) is 5.92 Å². The Morgan fingerprint density at radius 3 is 2.73 bits per heavy atom. The number of nitrogens with zero attached hydrogens (tertiary/aromatic N) is 3. The summed E-state index contributed by atoms with van der Waals surface area (Å²) in [5, 5.41) is 0.285. The lowest BCUT2D eigenvalue weighted by atomic mass is 9.87. The van der Waals surface area contributed by atoms with Crippen molar-refractivity contribution in [3.05, 3.63) is 11.9 Å². The number of rotatable bonds is 9. The maximum atomic E-state index is 12.9. The molecule has 1 aliphatic heterocycles. The van der Waals surface area contributed by atoms with E-state index in [1.165, 1.54) is 0 Å². The number of likely N-dealkylation sites (tertiary alicyclic amines) is 1. The summed E-state index contributed by atoms with van der Waals surface area (Å²) in [6.07, 6.45) is 9.51. The second kappa shape index (κ2) is 8.85. The van der Waals surface area contributed by atoms with Crippen molar-refractivity contribution >= 4 is 9.84 Å². The highest BCUT2D eigenvalue weighted by Gasteiger charge is 2.30. The molecule has 0 bridgehead atoms. The molecule has 2 fully saturated rings. The van der Waals surface area contributed by atoms with Crippen molar-refractivity contribution < 1.29 is 13.2 Å². The van der Waals surface area contributed by atoms with Crippen LogP contribution in [-0.4, -0.2) is 54.9 Å². The summed E-state index contributed by atoms with van der Waals surface area (Å²) in [5.74, 6) is 0.578. The molecule has 1 aliphatic carbocycles. The molecule has 0 N–H and O–H groups in total. The van der Waals surface area contributed by atoms with Gasteiger partial charge >= 0.3 is 0 Å². The third kappa shape index (κ3) is 4.67. The van der Waals surface area contributed by atoms with E-state index in [-0.39, 0.29) is 17.0 Å². The minimum absolute atomic E-state index is 0.255. The van der Waals surface area contributed by atoms with Crippen molar-refractivity contribution in [1.82, 2.24) is 14.5 Å². The standard InChI is InChI=1S/C19H33N3O3S/c1-3-4-11-22-17(13-21-10-6-9-18(14-21)25-2)12-20-19(22)26(23,24)15-16-7-5-8-16/h12,16,18H,3-11,13-15H2,1-2H3/t18-/m0/s1. The average molecular weight is 384 g/mol. The summed E-state index contributed by atoms with van der Waals surface area (Å²) in [4.78, 5) is 6.73. The fourth-order valence-corrected chi connectivity index (χ4v) is 5.80. The van der Waals surface area contributed by atoms with Crippen LogP contribution in [0.4, 0.5) is 0 Å². The molecule has 0 aromatic carbocycles. The van der Waals surface area contributed by atoms with Crippen LogP contribution in [0.15, 0.2) is 11.4 Å². The van der Waals surface area contributed by atoms with Gasteiger partial charge in [-0.2, -0.15) is 0 Å². The first-order chi connectivity index (χ1) is 12.5. The highest BCUT2D eigenvalue weighted by Crippen LogP contribution is 2.30. The van der Waals surface area contributed by atoms with E-state index in [9.17, 15) is 8.42 Å². The predicted molar refractivity (Wildman–Crippen MR) is 102 cm³/mol. The molecule has 1 aromatic heterocycles. The molecule has 0 spiro atoms. The zero-order valence-electron chi connectivity index (χ0n) is 16.2. The van der Waals surface area contributed by atoms with Gasteiger partial charge in [0.2, 0.25) is 15.0 Å². The first-order valence-corrected chi connectivity index (χ1v) is 11.7. The Balaban J connectivity index is 1.77. The minimum Gasteiger partial charge on any atom is -0.380 e. The van der Waals surface area contributed by atoms with Crippen LogP contribution in [0.2, 0.25) is 0 Å². The molecular formula is C19H33N3O3S. The Hall–Kier alpha value is -0.920. The van der Waals surface area contributed by atoms with Crippen molar-refractivity contribution in [3.63, 3.8) is 0 Å². The summed E-state index contributed by atoms with van der Waals surface area (Å²) < 4.78 is 33.3. The number of hydrogen-bond donors (Lipinski definition) is 0. The zero-order valence-corrected chi connectivity index (χ0v) is 17.0. The van der Waals surface area contributed by atoms with Crippen molar-refractivity contribution in [1.29, 1.82) is 0 Å². The molecule has 7 heteroatoms. The third-order valence-corrected chi connectivity index (χ3v) is 7.57. The molecule has 3 rings (SSSR count). The van der Waals surface area contributed by atoms with Crippen LogP contribution >= 0.6 is 0 Å². The molecule has 26 heavy (non-hydrogen) atoms. The topological polar surface area (TPSA) is 64.4 Å². The van der Waals surface area contributed by atoms with Crippen LogP contribution in [-0.2, 0) is 27.7 Å². The van der Waals surface area contributed by atoms with Gasteiger partial charge in [-0.1, -0.05) is 19.8 Å². The van der Waals surface area contributed by atoms with Crippen molar-refractivity contribution in [3.8, 4) is 0 Å². The molecule has 0 amide bonds. The molecule has 1 atom stereocenters. The Bertz CT molecular complexity index is 682. The van der Waals surface area contributed by atoms with Gasteiger partial charge in [-0.15, -0.1) is 0 Å². The lowest BCUT2D eigenvalue weighted by Crippen LogP contribution is -2.39. The largest absolute Gasteiger partial charge is 0.380 e. The van der Waals surface area contributed by atoms with E-state index < -0.39 is 9.84 Å². The Morgan fingerprint density at radius 2 is 2.08 bits per heavy atom. The normalized spacial score (nSPS) is 22.5. The lowest BCUT2D eigenvalue weighted by Gasteiger charge is -2.32. The number of imidazole rings is 1. The van der Waals surface area contributed by atoms with E-state index in [0.29, 0.717) is 5.92 Å². The van der Waals surface area contributed by atoms with Gasteiger partial charge in [0.25, 0.3) is 0 Å². The fraction of sp³-hybridized carbons (Fsp3) is 0.842. The minimum atomic E-state index is -3.31. The molecule has 1 aromatic rings. The Morgan fingerprint density at radius 1 is 1.27 bits per heavy atom. The van der Waals surface area contributed by atoms with Gasteiger partial charge in [0.1, 0.15) is 0 Å². The number of methoxy groups -OCH3 is 1. The monoisotopic (exact) mass is 383 g/mol. The first kappa shape index (κ1) is 19.8. The fourth-order valence-electron chi connectivity index (χ4n) is 3.94. The van der Waals surface area contributed by atoms with Gasteiger partial charge in [-0.25, -0.2) is 13.4 Å². The average Bonchev–Trinajstić information content (AvgIpc) is 3.00. The van der Waals surface area contributed by atoms with E-state index in [4.69, 9.17) is 4.74 Å². The molecule has 2 aliphatic rings. The SMILES string of the molecule is CCCCn1c(CN2CCC[C@H](OC)C2)cnc1S(=O)(=O)CC1CCC1. The second-order valence-electron chi connectivity index (χ2n) is 7.85. The summed E-state index contributed by atoms with van der Waals surface area (Å²) in [6, 6.07) is 0. The van der Waals surface area contributed by atoms with Crippen LogP contribution in [0.1, 0.15) is 57.6 Å². The van der Waals surface area contributed by atoms with Crippen LogP contribution in [0.3, 0.4) is 0 Å². The maximum absolute atomic E-state index is 12.9. The Kier molecular flexibility index (Phi) is 6.75. The van der Waals surface area contributed by atoms with Crippen LogP contribution in [0.5, 0.6) is 0 Å². The van der Waals surface area contributed by atoms with E-state index in [1.54, 1.807) is 13.3 Å². The van der Waals surface area contributed by atoms with Crippen LogP contribution < -0.4 is 0 Å². The summed E-state index contributed by atoms with van der Waals surface area (Å²) in [7, 11) is -1.54. The number of unbranched alkanes of at least 4 members (excludes halogenated alkanes) is 1. The van der Waals surface area contributed by atoms with Gasteiger partial charge in [0.15, 0.2) is 0 Å². The number of ether oxygens (including phenoxy) is 1. The second-order valence-corrected chi connectivity index (χ2v) is 9.78. The summed E-state index contributed by atoms with van der Waals surface area (Å²) in [5.41, 5.74) is 1.02. The third-order valence-electron chi connectivity index (χ3n) is 5.78. The van der Waals surface area contributed by atoms with Gasteiger partial charge in [0, 0.05) is 26.7 Å². The van der Waals surface area contributed by atoms with Crippen LogP contribution in [0, 0.1) is 5.92 Å². The van der Waals surface area contributed by atoms with Crippen LogP contribution in [0.25, 0.3) is 0 Å². The summed E-state index contributed by atoms with van der Waals surface area (Å²) in [6.45, 7) is 5.54. The molecule has 1 saturated heterocycles. The smallest absolute Gasteiger partial charge is 0.227 e. The van der Waals surface area contributed by atoms with E-state index in [2.05, 4.69) is 16.8 Å². The van der Waals surface area contributed by atoms with Gasteiger partial charge in [-0.05, 0) is 44.6 Å². The first-order valence-electron chi connectivity index (χ1n) is 10.1. The maximum Gasteiger partial charge on any atom is 0.227 e. The molecule has 0 radical (unpaired) electrons. The molecule has 0 unspecified atom stereocenters. The van der Waals surface area contributed by atoms with E-state index in [1.807, 2.05) is 4.57 Å². The molecular weight excluding hydrogens is 350 g/mol. The molecule has 6 nitrogen and oxygen atoms in total. The number of aromatic nitrogens is 2.